The Morgan fingerprint density at radius 1 is 1.16 bits per heavy atom. The number of hydrogen-bond donors (Lipinski definition) is 1. The molecule has 0 spiro atoms. The maximum atomic E-state index is 12.6. The average molecular weight is 443 g/mol. The van der Waals surface area contributed by atoms with Crippen molar-refractivity contribution < 1.29 is 13.9 Å². The third kappa shape index (κ3) is 5.05. The molecule has 1 aromatic carbocycles. The zero-order chi connectivity index (χ0) is 23.1. The molecule has 3 rings (SSSR count). The Bertz CT molecular complexity index is 1290. The minimum absolute atomic E-state index is 0.146. The van der Waals surface area contributed by atoms with Gasteiger partial charge in [-0.25, -0.2) is 0 Å². The Labute approximate surface area is 189 Å². The van der Waals surface area contributed by atoms with Crippen molar-refractivity contribution >= 4 is 28.3 Å². The number of benzene rings is 1. The van der Waals surface area contributed by atoms with Gasteiger partial charge in [0.25, 0.3) is 5.91 Å². The molecule has 8 heteroatoms. The predicted octanol–water partition coefficient (Wildman–Crippen LogP) is 5.08. The monoisotopic (exact) mass is 442 g/mol. The third-order valence-corrected chi connectivity index (χ3v) is 5.66. The smallest absolute Gasteiger partial charge is 0.267 e. The first-order valence-electron chi connectivity index (χ1n) is 9.66. The molecule has 7 nitrogen and oxygen atoms in total. The summed E-state index contributed by atoms with van der Waals surface area (Å²) in [6, 6.07) is 16.0. The third-order valence-electron chi connectivity index (χ3n) is 4.60. The summed E-state index contributed by atoms with van der Waals surface area (Å²) in [7, 11) is 0. The quantitative estimate of drug-likeness (QED) is 0.402. The number of ether oxygens (including phenoxy) is 1. The van der Waals surface area contributed by atoms with E-state index in [2.05, 4.69) is 11.4 Å². The molecule has 0 saturated carbocycles. The highest BCUT2D eigenvalue weighted by Crippen LogP contribution is 2.33. The molecule has 1 amide bonds. The van der Waals surface area contributed by atoms with Gasteiger partial charge in [-0.3, -0.25) is 4.79 Å². The molecular weight excluding hydrogens is 424 g/mol. The summed E-state index contributed by atoms with van der Waals surface area (Å²) in [6.45, 7) is 3.99. The molecule has 0 fully saturated rings. The van der Waals surface area contributed by atoms with Crippen molar-refractivity contribution in [2.45, 2.75) is 26.9 Å². The van der Waals surface area contributed by atoms with E-state index in [4.69, 9.17) is 14.4 Å². The Hall–Kier alpha value is -4.32. The number of rotatable bonds is 7. The van der Waals surface area contributed by atoms with Crippen LogP contribution >= 0.6 is 11.3 Å². The van der Waals surface area contributed by atoms with E-state index in [1.807, 2.05) is 26.0 Å². The van der Waals surface area contributed by atoms with Crippen molar-refractivity contribution in [1.29, 1.82) is 15.8 Å². The fraction of sp³-hybridized carbons (Fsp3) is 0.167. The first kappa shape index (κ1) is 22.4. The zero-order valence-corrected chi connectivity index (χ0v) is 18.2. The Morgan fingerprint density at radius 3 is 2.53 bits per heavy atom. The van der Waals surface area contributed by atoms with Crippen molar-refractivity contribution in [3.8, 4) is 24.0 Å². The van der Waals surface area contributed by atoms with E-state index < -0.39 is 5.91 Å². The van der Waals surface area contributed by atoms with Crippen LogP contribution in [0.25, 0.3) is 6.08 Å². The van der Waals surface area contributed by atoms with Gasteiger partial charge in [-0.15, -0.1) is 11.3 Å². The van der Waals surface area contributed by atoms with E-state index in [0.717, 1.165) is 10.4 Å². The molecule has 0 radical (unpaired) electrons. The molecular formula is C24H18N4O3S. The van der Waals surface area contributed by atoms with Crippen LogP contribution in [-0.4, -0.2) is 5.91 Å². The molecule has 0 saturated heterocycles. The summed E-state index contributed by atoms with van der Waals surface area (Å²) in [4.78, 5) is 13.6. The van der Waals surface area contributed by atoms with Gasteiger partial charge in [0.2, 0.25) is 0 Å². The highest BCUT2D eigenvalue weighted by molar-refractivity contribution is 7.16. The minimum atomic E-state index is -0.611. The standard InChI is InChI=1S/C24H18N4O3S/c1-3-21-15(2)32-24(22(21)13-27)28-23(29)17(12-26)10-19-8-9-20(31-19)14-30-18-6-4-16(11-25)5-7-18/h4-10H,3,14H2,1-2H3,(H,28,29)/b17-10-. The molecule has 2 heterocycles. The number of carbonyl (C=O) groups excluding carboxylic acids is 1. The van der Waals surface area contributed by atoms with Gasteiger partial charge >= 0.3 is 0 Å². The van der Waals surface area contributed by atoms with E-state index in [9.17, 15) is 15.3 Å². The molecule has 2 aromatic heterocycles. The summed E-state index contributed by atoms with van der Waals surface area (Å²) < 4.78 is 11.2. The van der Waals surface area contributed by atoms with Gasteiger partial charge in [-0.2, -0.15) is 15.8 Å². The van der Waals surface area contributed by atoms with Crippen LogP contribution in [0.4, 0.5) is 5.00 Å². The Kier molecular flexibility index (Phi) is 7.08. The van der Waals surface area contributed by atoms with Crippen LogP contribution in [0.1, 0.15) is 40.0 Å². The molecule has 158 valence electrons. The average Bonchev–Trinajstić information content (AvgIpc) is 3.38. The molecule has 0 bridgehead atoms. The fourth-order valence-electron chi connectivity index (χ4n) is 3.00. The van der Waals surface area contributed by atoms with Gasteiger partial charge < -0.3 is 14.5 Å². The molecule has 0 aliphatic carbocycles. The number of thiophene rings is 1. The summed E-state index contributed by atoms with van der Waals surface area (Å²) in [5.74, 6) is 0.805. The van der Waals surface area contributed by atoms with E-state index >= 15 is 0 Å². The van der Waals surface area contributed by atoms with Crippen molar-refractivity contribution in [3.63, 3.8) is 0 Å². The highest BCUT2D eigenvalue weighted by Gasteiger charge is 2.18. The van der Waals surface area contributed by atoms with Crippen molar-refractivity contribution in [3.05, 3.63) is 75.1 Å². The van der Waals surface area contributed by atoms with Gasteiger partial charge in [-0.05, 0) is 55.3 Å². The second-order valence-electron chi connectivity index (χ2n) is 6.66. The fourth-order valence-corrected chi connectivity index (χ4v) is 4.09. The lowest BCUT2D eigenvalue weighted by molar-refractivity contribution is -0.112. The maximum absolute atomic E-state index is 12.6. The maximum Gasteiger partial charge on any atom is 0.267 e. The first-order chi connectivity index (χ1) is 15.5. The summed E-state index contributed by atoms with van der Waals surface area (Å²) >= 11 is 1.31. The number of anilines is 1. The molecule has 0 aliphatic rings. The Balaban J connectivity index is 1.69. The van der Waals surface area contributed by atoms with Gasteiger partial charge in [-0.1, -0.05) is 6.92 Å². The molecule has 0 aliphatic heterocycles. The SMILES string of the molecule is CCc1c(C)sc(NC(=O)/C(C#N)=C\c2ccc(COc3ccc(C#N)cc3)o2)c1C#N. The Morgan fingerprint density at radius 2 is 1.91 bits per heavy atom. The van der Waals surface area contributed by atoms with Gasteiger partial charge in [0, 0.05) is 11.0 Å². The number of nitrogens with one attached hydrogen (secondary N) is 1. The lowest BCUT2D eigenvalue weighted by Gasteiger charge is -2.04. The zero-order valence-electron chi connectivity index (χ0n) is 17.4. The second kappa shape index (κ2) is 10.1. The van der Waals surface area contributed by atoms with Crippen LogP contribution in [0.15, 0.2) is 46.4 Å². The van der Waals surface area contributed by atoms with Gasteiger partial charge in [0.1, 0.15) is 46.6 Å². The van der Waals surface area contributed by atoms with Crippen molar-refractivity contribution in [1.82, 2.24) is 0 Å². The van der Waals surface area contributed by atoms with E-state index in [0.29, 0.717) is 39.8 Å². The predicted molar refractivity (Wildman–Crippen MR) is 120 cm³/mol. The second-order valence-corrected chi connectivity index (χ2v) is 7.88. The number of carbonyl (C=O) groups is 1. The number of aryl methyl sites for hydroxylation is 1. The summed E-state index contributed by atoms with van der Waals surface area (Å²) in [5.41, 5.74) is 1.72. The molecule has 0 atom stereocenters. The lowest BCUT2D eigenvalue weighted by atomic mass is 10.1. The molecule has 1 N–H and O–H groups in total. The van der Waals surface area contributed by atoms with Crippen LogP contribution in [0.5, 0.6) is 5.75 Å². The van der Waals surface area contributed by atoms with E-state index in [-0.39, 0.29) is 12.2 Å². The largest absolute Gasteiger partial charge is 0.486 e. The van der Waals surface area contributed by atoms with E-state index in [1.54, 1.807) is 36.4 Å². The van der Waals surface area contributed by atoms with Crippen LogP contribution in [0, 0.1) is 40.9 Å². The van der Waals surface area contributed by atoms with Gasteiger partial charge in [0.15, 0.2) is 0 Å². The normalized spacial score (nSPS) is 10.7. The van der Waals surface area contributed by atoms with Gasteiger partial charge in [0.05, 0.1) is 17.2 Å². The highest BCUT2D eigenvalue weighted by atomic mass is 32.1. The number of hydrogen-bond acceptors (Lipinski definition) is 7. The number of furan rings is 1. The van der Waals surface area contributed by atoms with Crippen LogP contribution in [0.3, 0.4) is 0 Å². The number of amides is 1. The van der Waals surface area contributed by atoms with Crippen LogP contribution in [-0.2, 0) is 17.8 Å². The van der Waals surface area contributed by atoms with Crippen LogP contribution < -0.4 is 10.1 Å². The summed E-state index contributed by atoms with van der Waals surface area (Å²) in [5, 5.41) is 30.8. The molecule has 3 aromatic rings. The lowest BCUT2D eigenvalue weighted by Crippen LogP contribution is -2.13. The number of nitriles is 3. The topological polar surface area (TPSA) is 123 Å². The minimum Gasteiger partial charge on any atom is -0.486 e. The van der Waals surface area contributed by atoms with Crippen molar-refractivity contribution in [2.75, 3.05) is 5.32 Å². The summed E-state index contributed by atoms with van der Waals surface area (Å²) in [6.07, 6.45) is 2.02. The van der Waals surface area contributed by atoms with Crippen molar-refractivity contribution in [2.24, 2.45) is 0 Å². The first-order valence-corrected chi connectivity index (χ1v) is 10.5. The molecule has 0 unspecified atom stereocenters. The molecule has 32 heavy (non-hydrogen) atoms. The van der Waals surface area contributed by atoms with Crippen LogP contribution in [0.2, 0.25) is 0 Å². The van der Waals surface area contributed by atoms with E-state index in [1.165, 1.54) is 17.4 Å². The number of nitrogens with zero attached hydrogens (tertiary/aromatic N) is 3.